The maximum absolute atomic E-state index is 17.3. The number of rotatable bonds is 18. The minimum Gasteiger partial charge on any atom is -0.462 e. The first-order valence-electron chi connectivity index (χ1n) is 27.6. The van der Waals surface area contributed by atoms with Crippen LogP contribution in [0.1, 0.15) is 89.8 Å². The van der Waals surface area contributed by atoms with Gasteiger partial charge in [0.1, 0.15) is 64.4 Å². The Kier molecular flexibility index (Phi) is 17.3. The monoisotopic (exact) mass is 1170 g/mol. The molecule has 4 aliphatic heterocycles. The topological polar surface area (TPSA) is 211 Å². The van der Waals surface area contributed by atoms with Crippen LogP contribution in [0.4, 0.5) is 32.8 Å². The van der Waals surface area contributed by atoms with E-state index in [2.05, 4.69) is 30.7 Å². The van der Waals surface area contributed by atoms with Gasteiger partial charge in [-0.15, -0.1) is 11.3 Å². The average Bonchev–Trinajstić information content (AvgIpc) is 4.37. The molecule has 434 valence electrons. The third-order valence-corrected chi connectivity index (χ3v) is 17.3. The lowest BCUT2D eigenvalue weighted by Gasteiger charge is -2.35. The number of nitrogens with zero attached hydrogens (tertiary/aromatic N) is 6. The molecule has 4 aromatic carbocycles. The van der Waals surface area contributed by atoms with Crippen molar-refractivity contribution in [2.24, 2.45) is 5.41 Å². The molecule has 82 heavy (non-hydrogen) atoms. The predicted molar refractivity (Wildman–Crippen MR) is 303 cm³/mol. The fraction of sp³-hybridized carbons (Fsp3) is 0.458. The van der Waals surface area contributed by atoms with E-state index in [0.29, 0.717) is 61.6 Å². The SMILES string of the molecule is C[C@H](NC(=O)[C@@H]1C[C@@H](O)CN1C(=O)[C@@H](NC(=O)CCOCCCN1CCC[C@H]1COc1nc(N2CC3CCC(C2)N3)c2cc(Cl)c(-c3ccc(F)c4sc(N)c(C#N)c34)c(F)c2n1)C(C)(C)C)c1ccc(-c2c(F)cc(F)cc2F)cc1. The minimum absolute atomic E-state index is 0.00861. The van der Waals surface area contributed by atoms with Gasteiger partial charge in [-0.1, -0.05) is 62.7 Å². The zero-order valence-electron chi connectivity index (χ0n) is 45.8. The van der Waals surface area contributed by atoms with E-state index in [1.807, 2.05) is 6.07 Å². The Balaban J connectivity index is 0.732. The summed E-state index contributed by atoms with van der Waals surface area (Å²) in [6.07, 6.45) is 3.31. The summed E-state index contributed by atoms with van der Waals surface area (Å²) < 4.78 is 87.2. The number of aliphatic hydroxyl groups is 1. The predicted octanol–water partition coefficient (Wildman–Crippen LogP) is 8.93. The molecule has 2 aromatic heterocycles. The highest BCUT2D eigenvalue weighted by Gasteiger charge is 2.45. The van der Waals surface area contributed by atoms with Gasteiger partial charge in [-0.3, -0.25) is 19.3 Å². The zero-order chi connectivity index (χ0) is 58.3. The molecule has 4 aliphatic rings. The number of aliphatic hydroxyl groups excluding tert-OH is 1. The van der Waals surface area contributed by atoms with Crippen LogP contribution in [-0.4, -0.2) is 131 Å². The van der Waals surface area contributed by atoms with Crippen LogP contribution in [-0.2, 0) is 19.1 Å². The fourth-order valence-corrected chi connectivity index (χ4v) is 13.1. The van der Waals surface area contributed by atoms with Crippen molar-refractivity contribution in [3.8, 4) is 34.3 Å². The van der Waals surface area contributed by atoms with E-state index >= 15 is 8.78 Å². The third kappa shape index (κ3) is 12.2. The van der Waals surface area contributed by atoms with Gasteiger partial charge >= 0.3 is 6.01 Å². The van der Waals surface area contributed by atoms with Gasteiger partial charge in [0, 0.05) is 92.2 Å². The number of anilines is 2. The smallest absolute Gasteiger partial charge is 0.319 e. The Hall–Kier alpha value is -6.74. The van der Waals surface area contributed by atoms with Crippen molar-refractivity contribution < 1.29 is 50.9 Å². The highest BCUT2D eigenvalue weighted by molar-refractivity contribution is 7.23. The Morgan fingerprint density at radius 3 is 2.37 bits per heavy atom. The van der Waals surface area contributed by atoms with Crippen LogP contribution in [0.3, 0.4) is 0 Å². The molecule has 0 spiro atoms. The number of nitrogens with two attached hydrogens (primary N) is 1. The van der Waals surface area contributed by atoms with Gasteiger partial charge < -0.3 is 46.1 Å². The van der Waals surface area contributed by atoms with E-state index in [1.54, 1.807) is 45.9 Å². The van der Waals surface area contributed by atoms with E-state index in [9.17, 15) is 37.9 Å². The maximum Gasteiger partial charge on any atom is 0.319 e. The molecule has 6 heterocycles. The van der Waals surface area contributed by atoms with Crippen molar-refractivity contribution in [3.05, 3.63) is 99.8 Å². The number of aromatic nitrogens is 2. The van der Waals surface area contributed by atoms with Gasteiger partial charge in [0.15, 0.2) is 5.82 Å². The number of nitrogens with one attached hydrogen (secondary N) is 3. The number of amides is 3. The van der Waals surface area contributed by atoms with Crippen LogP contribution >= 0.6 is 22.9 Å². The molecule has 10 rings (SSSR count). The highest BCUT2D eigenvalue weighted by Crippen LogP contribution is 2.46. The molecule has 0 saturated carbocycles. The quantitative estimate of drug-likeness (QED) is 0.0403. The zero-order valence-corrected chi connectivity index (χ0v) is 47.3. The number of thiophene rings is 1. The van der Waals surface area contributed by atoms with E-state index in [1.165, 1.54) is 29.2 Å². The molecule has 16 nitrogen and oxygen atoms in total. The third-order valence-electron chi connectivity index (χ3n) is 16.0. The summed E-state index contributed by atoms with van der Waals surface area (Å²) in [6.45, 7) is 10.3. The molecule has 3 amide bonds. The number of piperazine rings is 1. The highest BCUT2D eigenvalue weighted by atomic mass is 35.5. The van der Waals surface area contributed by atoms with Gasteiger partial charge in [-0.2, -0.15) is 15.2 Å². The standard InChI is InChI=1S/C59H64ClF5N10O6S/c1-30(31-8-10-32(11-9-31)47-43(63)21-33(61)22-44(47)64)68-56(78)45-23-37(76)28-75(45)57(79)53(59(2,3)4)70-46(77)16-20-80-19-6-18-73-17-5-7-36(73)29-81-58-71-51-39(55(72-58)74-26-34-12-13-35(27-74)69-34)24-41(60)49(50(51)65)38-14-15-42(62)52-48(38)40(25-66)54(67)82-52/h8-11,14-15,21-22,24,30,34-37,45,53,69,76H,5-7,12-13,16-20,23,26-29,67H2,1-4H3,(H,68,78)(H,70,77)/t30-,34?,35?,36-,37+,45-,53+/m0/s1. The number of β-amino-alcohol motifs (C(OH)–C–C–N with tert-alkyl or cyclic N) is 1. The van der Waals surface area contributed by atoms with Crippen LogP contribution in [0.2, 0.25) is 5.02 Å². The van der Waals surface area contributed by atoms with Crippen molar-refractivity contribution in [2.75, 3.05) is 63.2 Å². The normalized spacial score (nSPS) is 20.8. The van der Waals surface area contributed by atoms with Crippen molar-refractivity contribution in [3.63, 3.8) is 0 Å². The molecule has 7 atom stereocenters. The molecule has 23 heteroatoms. The van der Waals surface area contributed by atoms with E-state index in [-0.39, 0.29) is 110 Å². The molecule has 2 unspecified atom stereocenters. The van der Waals surface area contributed by atoms with Gasteiger partial charge in [-0.25, -0.2) is 22.0 Å². The van der Waals surface area contributed by atoms with Crippen molar-refractivity contribution in [1.82, 2.24) is 35.7 Å². The summed E-state index contributed by atoms with van der Waals surface area (Å²) >= 11 is 7.85. The summed E-state index contributed by atoms with van der Waals surface area (Å²) in [5.41, 5.74) is 5.89. The van der Waals surface area contributed by atoms with Gasteiger partial charge in [0.25, 0.3) is 0 Å². The first-order chi connectivity index (χ1) is 39.2. The second kappa shape index (κ2) is 24.2. The van der Waals surface area contributed by atoms with Gasteiger partial charge in [-0.05, 0) is 79.8 Å². The average molecular weight is 1170 g/mol. The largest absolute Gasteiger partial charge is 0.462 e. The van der Waals surface area contributed by atoms with Crippen molar-refractivity contribution >= 4 is 72.5 Å². The van der Waals surface area contributed by atoms with Crippen LogP contribution in [0, 0.1) is 45.8 Å². The molecule has 4 saturated heterocycles. The first-order valence-corrected chi connectivity index (χ1v) is 28.8. The first kappa shape index (κ1) is 58.5. The van der Waals surface area contributed by atoms with Gasteiger partial charge in [0.05, 0.1) is 39.6 Å². The summed E-state index contributed by atoms with van der Waals surface area (Å²) in [6, 6.07) is 11.2. The molecule has 6 aromatic rings. The van der Waals surface area contributed by atoms with Crippen LogP contribution in [0.5, 0.6) is 6.01 Å². The van der Waals surface area contributed by atoms with E-state index in [4.69, 9.17) is 31.8 Å². The van der Waals surface area contributed by atoms with Crippen LogP contribution in [0.25, 0.3) is 43.2 Å². The Morgan fingerprint density at radius 1 is 0.951 bits per heavy atom. The van der Waals surface area contributed by atoms with Crippen molar-refractivity contribution in [1.29, 1.82) is 5.26 Å². The Bertz CT molecular complexity index is 3440. The molecular formula is C59H64ClF5N10O6S. The number of fused-ring (bicyclic) bond motifs is 4. The fourth-order valence-electron chi connectivity index (χ4n) is 11.9. The summed E-state index contributed by atoms with van der Waals surface area (Å²) in [5.74, 6) is -5.51. The number of carbonyl (C=O) groups is 3. The minimum atomic E-state index is -1.05. The summed E-state index contributed by atoms with van der Waals surface area (Å²) in [7, 11) is 0. The van der Waals surface area contributed by atoms with Gasteiger partial charge in [0.2, 0.25) is 17.7 Å². The maximum atomic E-state index is 17.3. The molecule has 6 N–H and O–H groups in total. The summed E-state index contributed by atoms with van der Waals surface area (Å²) in [4.78, 5) is 56.6. The van der Waals surface area contributed by atoms with Crippen LogP contribution < -0.4 is 31.3 Å². The number of ether oxygens (including phenoxy) is 2. The lowest BCUT2D eigenvalue weighted by molar-refractivity contribution is -0.144. The number of likely N-dealkylation sites (tertiary alicyclic amines) is 2. The number of nitriles is 1. The number of hydrogen-bond acceptors (Lipinski definition) is 14. The van der Waals surface area contributed by atoms with Crippen molar-refractivity contribution in [2.45, 2.75) is 115 Å². The number of carbonyl (C=O) groups excluding carboxylic acids is 3. The van der Waals surface area contributed by atoms with E-state index in [0.717, 1.165) is 43.6 Å². The Morgan fingerprint density at radius 2 is 1.67 bits per heavy atom. The lowest BCUT2D eigenvalue weighted by Crippen LogP contribution is -2.58. The number of nitrogen functional groups attached to an aromatic ring is 1. The van der Waals surface area contributed by atoms with E-state index < -0.39 is 76.5 Å². The lowest BCUT2D eigenvalue weighted by atomic mass is 9.85. The molecular weight excluding hydrogens is 1110 g/mol. The molecule has 2 bridgehead atoms. The number of halogens is 6. The second-order valence-corrected chi connectivity index (χ2v) is 24.2. The number of benzene rings is 4. The second-order valence-electron chi connectivity index (χ2n) is 22.8. The molecule has 0 radical (unpaired) electrons. The summed E-state index contributed by atoms with van der Waals surface area (Å²) in [5, 5.41) is 30.8. The molecule has 4 fully saturated rings. The van der Waals surface area contributed by atoms with Crippen LogP contribution in [0.15, 0.2) is 54.6 Å². The Labute approximate surface area is 480 Å². The molecule has 0 aliphatic carbocycles. The number of hydrogen-bond donors (Lipinski definition) is 5.